The van der Waals surface area contributed by atoms with Gasteiger partial charge in [0.2, 0.25) is 11.8 Å². The molecule has 3 heterocycles. The van der Waals surface area contributed by atoms with Crippen LogP contribution in [0.25, 0.3) is 22.8 Å². The summed E-state index contributed by atoms with van der Waals surface area (Å²) in [4.78, 5) is 0. The number of nitrogens with zero attached hydrogens (tertiary/aromatic N) is 5. The van der Waals surface area contributed by atoms with Crippen LogP contribution >= 0.6 is 11.8 Å². The molecule has 0 radical (unpaired) electrons. The molecule has 2 aromatic carbocycles. The van der Waals surface area contributed by atoms with Gasteiger partial charge >= 0.3 is 0 Å². The van der Waals surface area contributed by atoms with Crippen LogP contribution in [-0.2, 0) is 12.3 Å². The van der Waals surface area contributed by atoms with Gasteiger partial charge in [0.1, 0.15) is 5.76 Å². The first-order chi connectivity index (χ1) is 15.3. The van der Waals surface area contributed by atoms with Crippen molar-refractivity contribution in [3.05, 3.63) is 90.2 Å². The number of furan rings is 1. The van der Waals surface area contributed by atoms with E-state index in [-0.39, 0.29) is 0 Å². The number of aromatic nitrogens is 5. The summed E-state index contributed by atoms with van der Waals surface area (Å²) in [6.07, 6.45) is 1.67. The van der Waals surface area contributed by atoms with Crippen LogP contribution in [0.5, 0.6) is 0 Å². The van der Waals surface area contributed by atoms with E-state index in [9.17, 15) is 0 Å². The Labute approximate surface area is 183 Å². The Kier molecular flexibility index (Phi) is 5.37. The Morgan fingerprint density at radius 3 is 2.52 bits per heavy atom. The highest BCUT2D eigenvalue weighted by molar-refractivity contribution is 7.98. The normalized spacial score (nSPS) is 11.1. The van der Waals surface area contributed by atoms with Crippen LogP contribution in [0.2, 0.25) is 0 Å². The minimum atomic E-state index is 0.490. The molecule has 0 atom stereocenters. The van der Waals surface area contributed by atoms with E-state index in [4.69, 9.17) is 8.83 Å². The Morgan fingerprint density at radius 2 is 1.71 bits per heavy atom. The van der Waals surface area contributed by atoms with E-state index in [2.05, 4.69) is 44.0 Å². The lowest BCUT2D eigenvalue weighted by Crippen LogP contribution is -2.04. The minimum Gasteiger partial charge on any atom is -0.467 e. The largest absolute Gasteiger partial charge is 0.467 e. The topological polar surface area (TPSA) is 82.8 Å². The summed E-state index contributed by atoms with van der Waals surface area (Å²) in [5.41, 5.74) is 3.07. The predicted molar refractivity (Wildman–Crippen MR) is 117 cm³/mol. The Bertz CT molecular complexity index is 1280. The zero-order valence-electron chi connectivity index (χ0n) is 16.8. The molecule has 154 valence electrons. The lowest BCUT2D eigenvalue weighted by molar-refractivity contribution is 0.485. The molecule has 0 amide bonds. The lowest BCUT2D eigenvalue weighted by atomic mass is 10.1. The first-order valence-corrected chi connectivity index (χ1v) is 10.8. The van der Waals surface area contributed by atoms with Crippen LogP contribution in [-0.4, -0.2) is 25.0 Å². The first kappa shape index (κ1) is 19.3. The maximum atomic E-state index is 5.83. The molecule has 0 saturated carbocycles. The molecule has 0 bridgehead atoms. The highest BCUT2D eigenvalue weighted by Crippen LogP contribution is 2.29. The van der Waals surface area contributed by atoms with Gasteiger partial charge in [0.05, 0.1) is 18.6 Å². The van der Waals surface area contributed by atoms with Crippen molar-refractivity contribution in [2.75, 3.05) is 0 Å². The zero-order valence-corrected chi connectivity index (χ0v) is 17.6. The van der Waals surface area contributed by atoms with Crippen LogP contribution in [0.3, 0.4) is 0 Å². The van der Waals surface area contributed by atoms with Gasteiger partial charge in [-0.1, -0.05) is 54.2 Å². The van der Waals surface area contributed by atoms with Crippen LogP contribution in [0.1, 0.15) is 17.2 Å². The van der Waals surface area contributed by atoms with Gasteiger partial charge in [0.25, 0.3) is 0 Å². The van der Waals surface area contributed by atoms with Crippen LogP contribution in [0.15, 0.2) is 87.0 Å². The van der Waals surface area contributed by atoms with E-state index in [0.717, 1.165) is 33.4 Å². The molecule has 5 aromatic rings. The monoisotopic (exact) mass is 429 g/mol. The van der Waals surface area contributed by atoms with Crippen molar-refractivity contribution in [1.82, 2.24) is 25.0 Å². The zero-order chi connectivity index (χ0) is 21.0. The third-order valence-electron chi connectivity index (χ3n) is 4.81. The van der Waals surface area contributed by atoms with Crippen molar-refractivity contribution in [1.29, 1.82) is 0 Å². The van der Waals surface area contributed by atoms with Gasteiger partial charge in [-0.15, -0.1) is 20.4 Å². The van der Waals surface area contributed by atoms with Crippen LogP contribution in [0.4, 0.5) is 0 Å². The smallest absolute Gasteiger partial charge is 0.247 e. The molecule has 0 fully saturated rings. The van der Waals surface area contributed by atoms with Gasteiger partial charge in [-0.05, 0) is 36.8 Å². The fourth-order valence-corrected chi connectivity index (χ4v) is 4.03. The van der Waals surface area contributed by atoms with Gasteiger partial charge in [-0.2, -0.15) is 0 Å². The number of hydrogen-bond acceptors (Lipinski definition) is 7. The van der Waals surface area contributed by atoms with E-state index in [1.54, 1.807) is 6.26 Å². The van der Waals surface area contributed by atoms with Crippen LogP contribution < -0.4 is 0 Å². The molecule has 0 unspecified atom stereocenters. The maximum absolute atomic E-state index is 5.83. The second kappa shape index (κ2) is 8.61. The SMILES string of the molecule is Cc1ccccc1-c1nnc(SCc2nnc(-c3ccccc3)o2)n1Cc1ccco1. The second-order valence-electron chi connectivity index (χ2n) is 6.94. The minimum absolute atomic E-state index is 0.490. The van der Waals surface area contributed by atoms with E-state index in [1.807, 2.05) is 54.6 Å². The van der Waals surface area contributed by atoms with E-state index in [1.165, 1.54) is 11.8 Å². The molecule has 0 N–H and O–H groups in total. The number of hydrogen-bond donors (Lipinski definition) is 0. The summed E-state index contributed by atoms with van der Waals surface area (Å²) in [5.74, 6) is 3.17. The van der Waals surface area contributed by atoms with E-state index < -0.39 is 0 Å². The predicted octanol–water partition coefficient (Wildman–Crippen LogP) is 5.24. The van der Waals surface area contributed by atoms with E-state index >= 15 is 0 Å². The van der Waals surface area contributed by atoms with Crippen molar-refractivity contribution in [2.45, 2.75) is 24.4 Å². The summed E-state index contributed by atoms with van der Waals surface area (Å²) >= 11 is 1.50. The molecule has 0 aliphatic heterocycles. The summed E-state index contributed by atoms with van der Waals surface area (Å²) in [5, 5.41) is 18.0. The van der Waals surface area contributed by atoms with Gasteiger partial charge in [0.15, 0.2) is 11.0 Å². The number of benzene rings is 2. The molecule has 0 spiro atoms. The third-order valence-corrected chi connectivity index (χ3v) is 5.76. The molecule has 5 rings (SSSR count). The van der Waals surface area contributed by atoms with Crippen molar-refractivity contribution in [3.63, 3.8) is 0 Å². The lowest BCUT2D eigenvalue weighted by Gasteiger charge is -2.10. The van der Waals surface area contributed by atoms with Crippen molar-refractivity contribution < 1.29 is 8.83 Å². The average molecular weight is 430 g/mol. The second-order valence-corrected chi connectivity index (χ2v) is 7.88. The maximum Gasteiger partial charge on any atom is 0.247 e. The first-order valence-electron chi connectivity index (χ1n) is 9.80. The fraction of sp³-hybridized carbons (Fsp3) is 0.130. The van der Waals surface area contributed by atoms with Gasteiger partial charge in [-0.3, -0.25) is 4.57 Å². The summed E-state index contributed by atoms with van der Waals surface area (Å²) in [7, 11) is 0. The van der Waals surface area contributed by atoms with Crippen molar-refractivity contribution >= 4 is 11.8 Å². The summed E-state index contributed by atoms with van der Waals surface area (Å²) in [6, 6.07) is 21.7. The fourth-order valence-electron chi connectivity index (χ4n) is 3.26. The third kappa shape index (κ3) is 4.15. The molecular weight excluding hydrogens is 410 g/mol. The summed E-state index contributed by atoms with van der Waals surface area (Å²) < 4.78 is 13.5. The highest BCUT2D eigenvalue weighted by atomic mass is 32.2. The Balaban J connectivity index is 1.41. The number of aryl methyl sites for hydroxylation is 1. The molecular formula is C23H19N5O2S. The molecule has 3 aromatic heterocycles. The van der Waals surface area contributed by atoms with E-state index in [0.29, 0.717) is 24.1 Å². The molecule has 0 aliphatic rings. The van der Waals surface area contributed by atoms with Crippen LogP contribution in [0, 0.1) is 6.92 Å². The van der Waals surface area contributed by atoms with Gasteiger partial charge in [0, 0.05) is 11.1 Å². The van der Waals surface area contributed by atoms with Crippen molar-refractivity contribution in [3.8, 4) is 22.8 Å². The number of rotatable bonds is 7. The molecule has 0 saturated heterocycles. The Morgan fingerprint density at radius 1 is 0.871 bits per heavy atom. The summed E-state index contributed by atoms with van der Waals surface area (Å²) in [6.45, 7) is 2.60. The standard InChI is InChI=1S/C23H19N5O2S/c1-16-8-5-6-12-19(16)21-25-27-23(28(21)14-18-11-7-13-29-18)31-15-20-24-26-22(30-20)17-9-3-2-4-10-17/h2-13H,14-15H2,1H3. The Hall–Kier alpha value is -3.65. The van der Waals surface area contributed by atoms with Crippen molar-refractivity contribution in [2.24, 2.45) is 0 Å². The molecule has 7 nitrogen and oxygen atoms in total. The number of thioether (sulfide) groups is 1. The highest BCUT2D eigenvalue weighted by Gasteiger charge is 2.18. The molecule has 31 heavy (non-hydrogen) atoms. The van der Waals surface area contributed by atoms with Gasteiger partial charge < -0.3 is 8.83 Å². The quantitative estimate of drug-likeness (QED) is 0.327. The molecule has 0 aliphatic carbocycles. The van der Waals surface area contributed by atoms with Gasteiger partial charge in [-0.25, -0.2) is 0 Å². The molecule has 8 heteroatoms. The average Bonchev–Trinajstić information content (AvgIpc) is 3.56.